The van der Waals surface area contributed by atoms with E-state index in [1.807, 2.05) is 30.3 Å². The molecular formula is C19H13Cl2N5OS. The van der Waals surface area contributed by atoms with E-state index < -0.39 is 5.25 Å². The van der Waals surface area contributed by atoms with Gasteiger partial charge in [0.2, 0.25) is 11.1 Å². The van der Waals surface area contributed by atoms with Crippen molar-refractivity contribution in [2.75, 3.05) is 5.32 Å². The quantitative estimate of drug-likeness (QED) is 0.456. The fraction of sp³-hybridized carbons (Fsp3) is 0.0526. The van der Waals surface area contributed by atoms with Crippen LogP contribution in [-0.2, 0) is 4.79 Å². The maximum atomic E-state index is 13.1. The van der Waals surface area contributed by atoms with Gasteiger partial charge in [-0.2, -0.15) is 4.98 Å². The predicted molar refractivity (Wildman–Crippen MR) is 111 cm³/mol. The molecule has 140 valence electrons. The molecule has 0 aliphatic carbocycles. The molecule has 0 fully saturated rings. The molecule has 1 atom stereocenters. The van der Waals surface area contributed by atoms with E-state index in [1.165, 1.54) is 11.8 Å². The Morgan fingerprint density at radius 1 is 1.07 bits per heavy atom. The molecule has 0 saturated carbocycles. The average Bonchev–Trinajstić information content (AvgIpc) is 3.08. The van der Waals surface area contributed by atoms with Crippen molar-refractivity contribution in [3.8, 4) is 0 Å². The lowest BCUT2D eigenvalue weighted by molar-refractivity contribution is -0.115. The Kier molecular flexibility index (Phi) is 5.47. The Labute approximate surface area is 174 Å². The molecule has 2 aromatic heterocycles. The minimum Gasteiger partial charge on any atom is -0.325 e. The number of thioether (sulfide) groups is 1. The first-order valence-corrected chi connectivity index (χ1v) is 9.88. The van der Waals surface area contributed by atoms with Gasteiger partial charge < -0.3 is 5.32 Å². The molecule has 2 aromatic carbocycles. The van der Waals surface area contributed by atoms with Gasteiger partial charge in [-0.25, -0.2) is 9.50 Å². The summed E-state index contributed by atoms with van der Waals surface area (Å²) in [5.74, 6) is 0.236. The largest absolute Gasteiger partial charge is 0.325 e. The molecule has 0 saturated heterocycles. The first-order valence-electron chi connectivity index (χ1n) is 8.24. The zero-order chi connectivity index (χ0) is 19.5. The van der Waals surface area contributed by atoms with Crippen molar-refractivity contribution < 1.29 is 4.79 Å². The third-order valence-electron chi connectivity index (χ3n) is 3.79. The molecule has 9 heteroatoms. The highest BCUT2D eigenvalue weighted by atomic mass is 35.5. The van der Waals surface area contributed by atoms with E-state index in [0.717, 1.165) is 5.56 Å². The van der Waals surface area contributed by atoms with Crippen LogP contribution in [0.3, 0.4) is 0 Å². The van der Waals surface area contributed by atoms with Gasteiger partial charge in [-0.1, -0.05) is 65.3 Å². The SMILES string of the molecule is O=C(Nc1cc(Cl)cc(Cl)c1)C(Sc1nc2ncccn2n1)c1ccccc1. The van der Waals surface area contributed by atoms with Gasteiger partial charge in [-0.3, -0.25) is 4.79 Å². The van der Waals surface area contributed by atoms with Crippen LogP contribution in [0.2, 0.25) is 10.0 Å². The summed E-state index contributed by atoms with van der Waals surface area (Å²) in [6.45, 7) is 0. The van der Waals surface area contributed by atoms with Crippen LogP contribution in [0.15, 0.2) is 72.1 Å². The Morgan fingerprint density at radius 3 is 2.54 bits per heavy atom. The molecule has 1 amide bonds. The van der Waals surface area contributed by atoms with Gasteiger partial charge in [0.25, 0.3) is 5.78 Å². The summed E-state index contributed by atoms with van der Waals surface area (Å²) in [6.07, 6.45) is 3.40. The smallest absolute Gasteiger partial charge is 0.253 e. The Morgan fingerprint density at radius 2 is 1.82 bits per heavy atom. The summed E-state index contributed by atoms with van der Waals surface area (Å²) in [5.41, 5.74) is 1.35. The molecule has 6 nitrogen and oxygen atoms in total. The van der Waals surface area contributed by atoms with E-state index in [9.17, 15) is 4.79 Å². The maximum absolute atomic E-state index is 13.1. The predicted octanol–water partition coefficient (Wildman–Crippen LogP) is 4.90. The Hall–Kier alpha value is -2.61. The molecule has 28 heavy (non-hydrogen) atoms. The van der Waals surface area contributed by atoms with Gasteiger partial charge in [0.05, 0.1) is 0 Å². The van der Waals surface area contributed by atoms with E-state index in [1.54, 1.807) is 41.2 Å². The fourth-order valence-electron chi connectivity index (χ4n) is 2.60. The number of halogens is 2. The second-order valence-corrected chi connectivity index (χ2v) is 7.76. The molecule has 0 radical (unpaired) electrons. The highest BCUT2D eigenvalue weighted by molar-refractivity contribution is 8.00. The summed E-state index contributed by atoms with van der Waals surface area (Å²) >= 11 is 13.3. The van der Waals surface area contributed by atoms with Gasteiger partial charge in [0.15, 0.2) is 0 Å². The Bertz CT molecular complexity index is 1080. The van der Waals surface area contributed by atoms with E-state index >= 15 is 0 Å². The van der Waals surface area contributed by atoms with Gasteiger partial charge in [0.1, 0.15) is 5.25 Å². The lowest BCUT2D eigenvalue weighted by Crippen LogP contribution is -2.19. The number of carbonyl (C=O) groups is 1. The molecule has 4 rings (SSSR count). The monoisotopic (exact) mass is 429 g/mol. The second kappa shape index (κ2) is 8.18. The van der Waals surface area contributed by atoms with E-state index in [4.69, 9.17) is 23.2 Å². The number of aromatic nitrogens is 4. The van der Waals surface area contributed by atoms with Crippen LogP contribution in [0.25, 0.3) is 5.78 Å². The number of hydrogen-bond acceptors (Lipinski definition) is 5. The summed E-state index contributed by atoms with van der Waals surface area (Å²) in [6, 6.07) is 16.1. The maximum Gasteiger partial charge on any atom is 0.253 e. The summed E-state index contributed by atoms with van der Waals surface area (Å²) in [4.78, 5) is 21.6. The highest BCUT2D eigenvalue weighted by Crippen LogP contribution is 2.35. The molecular weight excluding hydrogens is 417 g/mol. The van der Waals surface area contributed by atoms with Crippen molar-refractivity contribution in [2.24, 2.45) is 0 Å². The lowest BCUT2D eigenvalue weighted by atomic mass is 10.1. The van der Waals surface area contributed by atoms with Gasteiger partial charge >= 0.3 is 0 Å². The van der Waals surface area contributed by atoms with Crippen molar-refractivity contribution in [1.29, 1.82) is 0 Å². The first kappa shape index (κ1) is 18.7. The van der Waals surface area contributed by atoms with Crippen LogP contribution in [0.1, 0.15) is 10.8 Å². The van der Waals surface area contributed by atoms with Crippen LogP contribution in [0.5, 0.6) is 0 Å². The minimum atomic E-state index is -0.573. The number of fused-ring (bicyclic) bond motifs is 1. The molecule has 0 spiro atoms. The van der Waals surface area contributed by atoms with Crippen molar-refractivity contribution in [3.63, 3.8) is 0 Å². The van der Waals surface area contributed by atoms with Crippen molar-refractivity contribution in [2.45, 2.75) is 10.4 Å². The second-order valence-electron chi connectivity index (χ2n) is 5.81. The number of benzene rings is 2. The van der Waals surface area contributed by atoms with Crippen LogP contribution in [0.4, 0.5) is 5.69 Å². The normalized spacial score (nSPS) is 12.1. The zero-order valence-corrected chi connectivity index (χ0v) is 16.6. The van der Waals surface area contributed by atoms with Gasteiger partial charge in [-0.15, -0.1) is 5.10 Å². The topological polar surface area (TPSA) is 72.2 Å². The number of carbonyl (C=O) groups excluding carboxylic acids is 1. The Balaban J connectivity index is 1.64. The van der Waals surface area contributed by atoms with Crippen molar-refractivity contribution in [1.82, 2.24) is 19.6 Å². The van der Waals surface area contributed by atoms with Crippen LogP contribution >= 0.6 is 35.0 Å². The highest BCUT2D eigenvalue weighted by Gasteiger charge is 2.24. The zero-order valence-electron chi connectivity index (χ0n) is 14.3. The average molecular weight is 430 g/mol. The molecule has 0 aliphatic heterocycles. The molecule has 0 bridgehead atoms. The van der Waals surface area contributed by atoms with Crippen molar-refractivity contribution in [3.05, 3.63) is 82.6 Å². The molecule has 0 aliphatic rings. The first-order chi connectivity index (χ1) is 13.6. The van der Waals surface area contributed by atoms with Crippen LogP contribution in [-0.4, -0.2) is 25.5 Å². The lowest BCUT2D eigenvalue weighted by Gasteiger charge is -2.15. The summed E-state index contributed by atoms with van der Waals surface area (Å²) in [7, 11) is 0. The molecule has 2 heterocycles. The number of hydrogen-bond donors (Lipinski definition) is 1. The number of nitrogens with one attached hydrogen (secondary N) is 1. The number of anilines is 1. The van der Waals surface area contributed by atoms with Gasteiger partial charge in [-0.05, 0) is 29.8 Å². The molecule has 1 N–H and O–H groups in total. The van der Waals surface area contributed by atoms with Crippen LogP contribution in [0, 0.1) is 0 Å². The van der Waals surface area contributed by atoms with Gasteiger partial charge in [0, 0.05) is 28.1 Å². The van der Waals surface area contributed by atoms with E-state index in [-0.39, 0.29) is 5.91 Å². The fourth-order valence-corrected chi connectivity index (χ4v) is 4.07. The molecule has 4 aromatic rings. The summed E-state index contributed by atoms with van der Waals surface area (Å²) in [5, 5.41) is 8.02. The molecule has 1 unspecified atom stereocenters. The van der Waals surface area contributed by atoms with Crippen LogP contribution < -0.4 is 5.32 Å². The third-order valence-corrected chi connectivity index (χ3v) is 5.33. The number of amides is 1. The minimum absolute atomic E-state index is 0.235. The third kappa shape index (κ3) is 4.27. The van der Waals surface area contributed by atoms with E-state index in [2.05, 4.69) is 20.4 Å². The standard InChI is InChI=1S/C19H13Cl2N5OS/c20-13-9-14(21)11-15(10-13)23-17(27)16(12-5-2-1-3-6-12)28-19-24-18-22-7-4-8-26(18)25-19/h1-11,16H,(H,23,27). The summed E-state index contributed by atoms with van der Waals surface area (Å²) < 4.78 is 1.57. The van der Waals surface area contributed by atoms with E-state index in [0.29, 0.717) is 26.7 Å². The van der Waals surface area contributed by atoms with Crippen molar-refractivity contribution >= 4 is 52.3 Å². The number of nitrogens with zero attached hydrogens (tertiary/aromatic N) is 4. The number of rotatable bonds is 5.